The van der Waals surface area contributed by atoms with Gasteiger partial charge in [0.1, 0.15) is 12.6 Å². The lowest BCUT2D eigenvalue weighted by atomic mass is 10.0. The molecule has 0 spiro atoms. The van der Waals surface area contributed by atoms with Gasteiger partial charge in [-0.1, -0.05) is 60.7 Å². The summed E-state index contributed by atoms with van der Waals surface area (Å²) in [4.78, 5) is 29.3. The van der Waals surface area contributed by atoms with E-state index in [0.717, 1.165) is 21.7 Å². The van der Waals surface area contributed by atoms with Crippen LogP contribution in [0.25, 0.3) is 0 Å². The molecule has 0 aromatic heterocycles. The molecule has 0 aliphatic rings. The Labute approximate surface area is 243 Å². The molecule has 3 rings (SSSR count). The first-order valence-corrected chi connectivity index (χ1v) is 15.1. The summed E-state index contributed by atoms with van der Waals surface area (Å²) >= 11 is 0. The van der Waals surface area contributed by atoms with E-state index < -0.39 is 34.1 Å². The van der Waals surface area contributed by atoms with Crippen molar-refractivity contribution >= 4 is 27.5 Å². The number of sulfonamides is 1. The van der Waals surface area contributed by atoms with Gasteiger partial charge in [0.25, 0.3) is 0 Å². The molecule has 0 heterocycles. The molecule has 2 amide bonds. The van der Waals surface area contributed by atoms with E-state index in [1.807, 2.05) is 81.4 Å². The summed E-state index contributed by atoms with van der Waals surface area (Å²) in [5.41, 5.74) is 1.36. The summed E-state index contributed by atoms with van der Waals surface area (Å²) in [6.45, 7) is 5.20. The first kappa shape index (κ1) is 31.5. The van der Waals surface area contributed by atoms with Gasteiger partial charge in [-0.3, -0.25) is 13.9 Å². The molecule has 41 heavy (non-hydrogen) atoms. The minimum Gasteiger partial charge on any atom is -0.493 e. The minimum atomic E-state index is -3.91. The molecule has 0 aliphatic carbocycles. The SMILES string of the molecule is COc1ccc(N(CC(=O)N(Cc2ccccc2)[C@@H](Cc2ccccc2)C(=O)NC(C)(C)C)S(C)(=O)=O)cc1OC. The summed E-state index contributed by atoms with van der Waals surface area (Å²) in [5, 5.41) is 3.01. The van der Waals surface area contributed by atoms with Crippen LogP contribution in [-0.4, -0.2) is 63.7 Å². The van der Waals surface area contributed by atoms with Crippen LogP contribution in [0.2, 0.25) is 0 Å². The molecule has 1 N–H and O–H groups in total. The smallest absolute Gasteiger partial charge is 0.244 e. The van der Waals surface area contributed by atoms with Crippen LogP contribution in [0.15, 0.2) is 78.9 Å². The van der Waals surface area contributed by atoms with Crippen molar-refractivity contribution in [2.24, 2.45) is 0 Å². The van der Waals surface area contributed by atoms with Crippen LogP contribution in [0, 0.1) is 0 Å². The molecule has 0 unspecified atom stereocenters. The molecule has 1 atom stereocenters. The summed E-state index contributed by atoms with van der Waals surface area (Å²) in [6, 6.07) is 22.5. The van der Waals surface area contributed by atoms with Crippen molar-refractivity contribution in [1.29, 1.82) is 0 Å². The Morgan fingerprint density at radius 3 is 1.93 bits per heavy atom. The largest absolute Gasteiger partial charge is 0.493 e. The number of nitrogens with zero attached hydrogens (tertiary/aromatic N) is 2. The molecule has 0 saturated heterocycles. The number of rotatable bonds is 12. The second kappa shape index (κ2) is 13.5. The van der Waals surface area contributed by atoms with Crippen molar-refractivity contribution in [3.63, 3.8) is 0 Å². The lowest BCUT2D eigenvalue weighted by Crippen LogP contribution is -2.56. The van der Waals surface area contributed by atoms with Crippen LogP contribution in [0.5, 0.6) is 11.5 Å². The summed E-state index contributed by atoms with van der Waals surface area (Å²) < 4.78 is 37.6. The van der Waals surface area contributed by atoms with Crippen LogP contribution in [0.3, 0.4) is 0 Å². The van der Waals surface area contributed by atoms with Gasteiger partial charge >= 0.3 is 0 Å². The van der Waals surface area contributed by atoms with Gasteiger partial charge in [0.05, 0.1) is 26.2 Å². The number of nitrogens with one attached hydrogen (secondary N) is 1. The van der Waals surface area contributed by atoms with Crippen molar-refractivity contribution in [2.45, 2.75) is 45.3 Å². The molecule has 3 aromatic rings. The predicted molar refractivity (Wildman–Crippen MR) is 161 cm³/mol. The number of anilines is 1. The molecule has 9 nitrogen and oxygen atoms in total. The zero-order valence-corrected chi connectivity index (χ0v) is 25.3. The van der Waals surface area contributed by atoms with Gasteiger partial charge in [-0.25, -0.2) is 8.42 Å². The van der Waals surface area contributed by atoms with Crippen molar-refractivity contribution in [3.8, 4) is 11.5 Å². The maximum absolute atomic E-state index is 14.1. The summed E-state index contributed by atoms with van der Waals surface area (Å²) in [5.74, 6) is -0.121. The second-order valence-corrected chi connectivity index (χ2v) is 12.7. The first-order valence-electron chi connectivity index (χ1n) is 13.2. The van der Waals surface area contributed by atoms with Crippen molar-refractivity contribution < 1.29 is 27.5 Å². The summed E-state index contributed by atoms with van der Waals surface area (Å²) in [6.07, 6.45) is 1.28. The van der Waals surface area contributed by atoms with E-state index >= 15 is 0 Å². The number of amides is 2. The lowest BCUT2D eigenvalue weighted by molar-refractivity contribution is -0.140. The van der Waals surface area contributed by atoms with Crippen molar-refractivity contribution in [3.05, 3.63) is 90.0 Å². The Balaban J connectivity index is 2.07. The molecule has 220 valence electrons. The molecular formula is C31H39N3O6S. The number of methoxy groups -OCH3 is 2. The fourth-order valence-electron chi connectivity index (χ4n) is 4.38. The van der Waals surface area contributed by atoms with Gasteiger partial charge in [0, 0.05) is 24.6 Å². The van der Waals surface area contributed by atoms with E-state index in [0.29, 0.717) is 11.5 Å². The third kappa shape index (κ3) is 8.97. The normalized spacial score (nSPS) is 12.2. The highest BCUT2D eigenvalue weighted by Gasteiger charge is 2.34. The zero-order valence-electron chi connectivity index (χ0n) is 24.5. The Morgan fingerprint density at radius 2 is 1.41 bits per heavy atom. The van der Waals surface area contributed by atoms with Gasteiger partial charge in [-0.2, -0.15) is 0 Å². The maximum Gasteiger partial charge on any atom is 0.244 e. The average Bonchev–Trinajstić information content (AvgIpc) is 2.92. The van der Waals surface area contributed by atoms with Gasteiger partial charge in [-0.15, -0.1) is 0 Å². The zero-order chi connectivity index (χ0) is 30.2. The monoisotopic (exact) mass is 581 g/mol. The van der Waals surface area contributed by atoms with Gasteiger partial charge in [0.2, 0.25) is 21.8 Å². The maximum atomic E-state index is 14.1. The minimum absolute atomic E-state index is 0.109. The van der Waals surface area contributed by atoms with Crippen LogP contribution in [0.1, 0.15) is 31.9 Å². The standard InChI is InChI=1S/C31H39N3O6S/c1-31(2,3)32-30(36)26(19-23-13-9-7-10-14-23)33(21-24-15-11-8-12-16-24)29(35)22-34(41(6,37)38)25-17-18-27(39-4)28(20-25)40-5/h7-18,20,26H,19,21-22H2,1-6H3,(H,32,36)/t26-/m0/s1. The molecule has 0 aliphatic heterocycles. The van der Waals surface area contributed by atoms with Crippen LogP contribution in [0.4, 0.5) is 5.69 Å². The fourth-order valence-corrected chi connectivity index (χ4v) is 5.22. The number of hydrogen-bond acceptors (Lipinski definition) is 6. The predicted octanol–water partition coefficient (Wildman–Crippen LogP) is 4.02. The van der Waals surface area contributed by atoms with E-state index in [4.69, 9.17) is 9.47 Å². The van der Waals surface area contributed by atoms with Crippen LogP contribution in [-0.2, 0) is 32.6 Å². The Kier molecular flexibility index (Phi) is 10.4. The van der Waals surface area contributed by atoms with Crippen molar-refractivity contribution in [2.75, 3.05) is 31.3 Å². The number of carbonyl (C=O) groups excluding carboxylic acids is 2. The molecule has 0 saturated carbocycles. The molecular weight excluding hydrogens is 542 g/mol. The van der Waals surface area contributed by atoms with Crippen LogP contribution < -0.4 is 19.1 Å². The fraction of sp³-hybridized carbons (Fsp3) is 0.355. The third-order valence-electron chi connectivity index (χ3n) is 6.30. The van der Waals surface area contributed by atoms with Gasteiger partial charge in [0.15, 0.2) is 11.5 Å². The van der Waals surface area contributed by atoms with Crippen molar-refractivity contribution in [1.82, 2.24) is 10.2 Å². The highest BCUT2D eigenvalue weighted by molar-refractivity contribution is 7.92. The van der Waals surface area contributed by atoms with E-state index in [-0.39, 0.29) is 24.6 Å². The molecule has 0 bridgehead atoms. The molecule has 0 fully saturated rings. The first-order chi connectivity index (χ1) is 19.3. The second-order valence-electron chi connectivity index (χ2n) is 10.8. The van der Waals surface area contributed by atoms with E-state index in [1.54, 1.807) is 12.1 Å². The van der Waals surface area contributed by atoms with Crippen LogP contribution >= 0.6 is 0 Å². The Bertz CT molecular complexity index is 1420. The van der Waals surface area contributed by atoms with Gasteiger partial charge < -0.3 is 19.7 Å². The third-order valence-corrected chi connectivity index (χ3v) is 7.44. The van der Waals surface area contributed by atoms with Gasteiger partial charge in [-0.05, 0) is 44.0 Å². The van der Waals surface area contributed by atoms with E-state index in [1.165, 1.54) is 25.2 Å². The number of benzene rings is 3. The highest BCUT2D eigenvalue weighted by Crippen LogP contribution is 2.32. The Hall–Kier alpha value is -4.05. The van der Waals surface area contributed by atoms with E-state index in [9.17, 15) is 18.0 Å². The number of ether oxygens (including phenoxy) is 2. The molecule has 10 heteroatoms. The average molecular weight is 582 g/mol. The summed E-state index contributed by atoms with van der Waals surface area (Å²) in [7, 11) is -0.985. The molecule has 0 radical (unpaired) electrons. The number of carbonyl (C=O) groups is 2. The lowest BCUT2D eigenvalue weighted by Gasteiger charge is -2.35. The quantitative estimate of drug-likeness (QED) is 0.346. The Morgan fingerprint density at radius 1 is 0.854 bits per heavy atom. The van der Waals surface area contributed by atoms with E-state index in [2.05, 4.69) is 5.32 Å². The highest BCUT2D eigenvalue weighted by atomic mass is 32.2. The topological polar surface area (TPSA) is 105 Å². The number of hydrogen-bond donors (Lipinski definition) is 1. The molecule has 3 aromatic carbocycles.